The van der Waals surface area contributed by atoms with Crippen LogP contribution in [0, 0.1) is 5.92 Å². The first-order valence-electron chi connectivity index (χ1n) is 5.93. The molecule has 6 heteroatoms. The van der Waals surface area contributed by atoms with Gasteiger partial charge in [0.05, 0.1) is 17.9 Å². The average molecular weight is 266 g/mol. The van der Waals surface area contributed by atoms with E-state index < -0.39 is 17.4 Å². The first-order valence-corrected chi connectivity index (χ1v) is 6.81. The van der Waals surface area contributed by atoms with Gasteiger partial charge in [0.1, 0.15) is 0 Å². The van der Waals surface area contributed by atoms with E-state index in [1.165, 1.54) is 11.3 Å². The van der Waals surface area contributed by atoms with Crippen LogP contribution in [0.1, 0.15) is 30.1 Å². The molecule has 2 fully saturated rings. The van der Waals surface area contributed by atoms with Crippen LogP contribution in [-0.4, -0.2) is 17.4 Å². The molecule has 1 aliphatic carbocycles. The molecular weight excluding hydrogens is 252 g/mol. The SMILES string of the molecule is NC(=O)C(c1cccs1)C1(C2CC2)CC(=O)ON1. The number of carbonyl (C=O) groups excluding carboxylic acids is 2. The van der Waals surface area contributed by atoms with Gasteiger partial charge in [-0.3, -0.25) is 9.59 Å². The highest BCUT2D eigenvalue weighted by molar-refractivity contribution is 7.10. The third-order valence-electron chi connectivity index (χ3n) is 3.72. The molecule has 2 aliphatic rings. The molecule has 5 nitrogen and oxygen atoms in total. The molecule has 0 spiro atoms. The number of nitrogens with two attached hydrogens (primary N) is 1. The number of nitrogens with one attached hydrogen (secondary N) is 1. The molecule has 96 valence electrons. The highest BCUT2D eigenvalue weighted by atomic mass is 32.1. The van der Waals surface area contributed by atoms with E-state index >= 15 is 0 Å². The summed E-state index contributed by atoms with van der Waals surface area (Å²) in [5.74, 6) is -0.945. The average Bonchev–Trinajstić information content (AvgIpc) is 2.92. The van der Waals surface area contributed by atoms with Crippen LogP contribution in [0.3, 0.4) is 0 Å². The van der Waals surface area contributed by atoms with Crippen molar-refractivity contribution < 1.29 is 14.4 Å². The molecule has 1 saturated carbocycles. The molecule has 3 rings (SSSR count). The van der Waals surface area contributed by atoms with Gasteiger partial charge in [-0.2, -0.15) is 0 Å². The van der Waals surface area contributed by atoms with E-state index in [0.29, 0.717) is 0 Å². The lowest BCUT2D eigenvalue weighted by molar-refractivity contribution is -0.143. The summed E-state index contributed by atoms with van der Waals surface area (Å²) in [5, 5.41) is 1.91. The molecular formula is C12H14N2O3S. The lowest BCUT2D eigenvalue weighted by atomic mass is 9.77. The fraction of sp³-hybridized carbons (Fsp3) is 0.500. The second kappa shape index (κ2) is 4.07. The highest BCUT2D eigenvalue weighted by Gasteiger charge is 2.58. The first kappa shape index (κ1) is 11.7. The lowest BCUT2D eigenvalue weighted by Gasteiger charge is -2.32. The van der Waals surface area contributed by atoms with Gasteiger partial charge >= 0.3 is 5.97 Å². The van der Waals surface area contributed by atoms with Gasteiger partial charge in [0, 0.05) is 4.88 Å². The van der Waals surface area contributed by atoms with Crippen molar-refractivity contribution in [3.63, 3.8) is 0 Å². The van der Waals surface area contributed by atoms with Gasteiger partial charge in [0.25, 0.3) is 0 Å². The van der Waals surface area contributed by atoms with E-state index in [1.807, 2.05) is 17.5 Å². The third kappa shape index (κ3) is 1.72. The van der Waals surface area contributed by atoms with Crippen molar-refractivity contribution in [1.82, 2.24) is 5.48 Å². The van der Waals surface area contributed by atoms with Crippen LogP contribution < -0.4 is 11.2 Å². The number of amides is 1. The van der Waals surface area contributed by atoms with Crippen molar-refractivity contribution in [2.24, 2.45) is 11.7 Å². The molecule has 1 aromatic rings. The maximum Gasteiger partial charge on any atom is 0.326 e. The van der Waals surface area contributed by atoms with Crippen LogP contribution >= 0.6 is 11.3 Å². The highest BCUT2D eigenvalue weighted by Crippen LogP contribution is 2.51. The Kier molecular flexibility index (Phi) is 2.64. The third-order valence-corrected chi connectivity index (χ3v) is 4.66. The minimum atomic E-state index is -0.645. The standard InChI is InChI=1S/C12H14N2O3S/c13-11(16)10(8-2-1-5-18-8)12(7-3-4-7)6-9(15)17-14-12/h1-2,5,7,10,14H,3-4,6H2,(H2,13,16). The smallest absolute Gasteiger partial charge is 0.326 e. The van der Waals surface area contributed by atoms with Crippen molar-refractivity contribution >= 4 is 23.2 Å². The molecule has 2 heterocycles. The maximum atomic E-state index is 11.9. The maximum absolute atomic E-state index is 11.9. The number of hydrogen-bond donors (Lipinski definition) is 2. The van der Waals surface area contributed by atoms with Gasteiger partial charge in [-0.25, -0.2) is 0 Å². The van der Waals surface area contributed by atoms with Crippen molar-refractivity contribution in [2.45, 2.75) is 30.7 Å². The molecule has 0 bridgehead atoms. The van der Waals surface area contributed by atoms with Gasteiger partial charge in [-0.15, -0.1) is 16.8 Å². The normalized spacial score (nSPS) is 29.0. The van der Waals surface area contributed by atoms with E-state index in [2.05, 4.69) is 5.48 Å². The van der Waals surface area contributed by atoms with Crippen LogP contribution in [0.15, 0.2) is 17.5 Å². The van der Waals surface area contributed by atoms with Gasteiger partial charge in [-0.1, -0.05) is 6.07 Å². The summed E-state index contributed by atoms with van der Waals surface area (Å²) in [6.45, 7) is 0. The fourth-order valence-electron chi connectivity index (χ4n) is 2.79. The number of rotatable bonds is 4. The minimum absolute atomic E-state index is 0.211. The Morgan fingerprint density at radius 3 is 2.83 bits per heavy atom. The number of primary amides is 1. The summed E-state index contributed by atoms with van der Waals surface area (Å²) in [6.07, 6.45) is 2.21. The second-order valence-corrected chi connectivity index (χ2v) is 5.90. The van der Waals surface area contributed by atoms with E-state index in [1.54, 1.807) is 0 Å². The van der Waals surface area contributed by atoms with Gasteiger partial charge in [0.2, 0.25) is 5.91 Å². The Labute approximate surface area is 108 Å². The molecule has 18 heavy (non-hydrogen) atoms. The molecule has 2 unspecified atom stereocenters. The lowest BCUT2D eigenvalue weighted by Crippen LogP contribution is -2.51. The number of hydroxylamine groups is 1. The van der Waals surface area contributed by atoms with Gasteiger partial charge in [0.15, 0.2) is 0 Å². The van der Waals surface area contributed by atoms with Crippen molar-refractivity contribution in [2.75, 3.05) is 0 Å². The summed E-state index contributed by atoms with van der Waals surface area (Å²) in [7, 11) is 0. The fourth-order valence-corrected chi connectivity index (χ4v) is 3.72. The molecule has 1 aliphatic heterocycles. The topological polar surface area (TPSA) is 81.4 Å². The molecule has 1 aromatic heterocycles. The summed E-state index contributed by atoms with van der Waals surface area (Å²) in [5.41, 5.74) is 7.73. The number of hydrogen-bond acceptors (Lipinski definition) is 5. The van der Waals surface area contributed by atoms with Gasteiger partial charge in [-0.05, 0) is 30.2 Å². The van der Waals surface area contributed by atoms with Gasteiger partial charge < -0.3 is 10.6 Å². The Hall–Kier alpha value is -1.40. The summed E-state index contributed by atoms with van der Waals surface area (Å²) >= 11 is 1.48. The Bertz CT molecular complexity index is 484. The molecule has 1 saturated heterocycles. The summed E-state index contributed by atoms with van der Waals surface area (Å²) in [6, 6.07) is 3.77. The van der Waals surface area contributed by atoms with Crippen LogP contribution in [0.4, 0.5) is 0 Å². The zero-order valence-electron chi connectivity index (χ0n) is 9.72. The van der Waals surface area contributed by atoms with Crippen molar-refractivity contribution in [3.8, 4) is 0 Å². The molecule has 0 aromatic carbocycles. The van der Waals surface area contributed by atoms with Crippen LogP contribution in [0.25, 0.3) is 0 Å². The zero-order valence-corrected chi connectivity index (χ0v) is 10.5. The first-order chi connectivity index (χ1) is 8.63. The van der Waals surface area contributed by atoms with E-state index in [9.17, 15) is 9.59 Å². The van der Waals surface area contributed by atoms with Crippen molar-refractivity contribution in [3.05, 3.63) is 22.4 Å². The molecule has 0 radical (unpaired) electrons. The van der Waals surface area contributed by atoms with E-state index in [0.717, 1.165) is 17.7 Å². The Morgan fingerprint density at radius 2 is 2.39 bits per heavy atom. The number of thiophene rings is 1. The largest absolute Gasteiger partial charge is 0.370 e. The predicted octanol–water partition coefficient (Wildman–Crippen LogP) is 0.917. The minimum Gasteiger partial charge on any atom is -0.370 e. The van der Waals surface area contributed by atoms with Crippen LogP contribution in [0.5, 0.6) is 0 Å². The Morgan fingerprint density at radius 1 is 1.61 bits per heavy atom. The predicted molar refractivity (Wildman–Crippen MR) is 65.6 cm³/mol. The summed E-state index contributed by atoms with van der Waals surface area (Å²) in [4.78, 5) is 29.1. The van der Waals surface area contributed by atoms with Crippen LogP contribution in [-0.2, 0) is 14.4 Å². The van der Waals surface area contributed by atoms with E-state index in [4.69, 9.17) is 10.6 Å². The molecule has 2 atom stereocenters. The van der Waals surface area contributed by atoms with E-state index in [-0.39, 0.29) is 18.3 Å². The number of carbonyl (C=O) groups is 2. The van der Waals surface area contributed by atoms with Crippen molar-refractivity contribution in [1.29, 1.82) is 0 Å². The summed E-state index contributed by atoms with van der Waals surface area (Å²) < 4.78 is 0. The molecule has 1 amide bonds. The quantitative estimate of drug-likeness (QED) is 0.849. The monoisotopic (exact) mass is 266 g/mol. The van der Waals surface area contributed by atoms with Crippen LogP contribution in [0.2, 0.25) is 0 Å². The second-order valence-electron chi connectivity index (χ2n) is 4.92. The molecule has 3 N–H and O–H groups in total. The Balaban J connectivity index is 2.02. The zero-order chi connectivity index (χ0) is 12.8.